The molecule has 6 nitrogen and oxygen atoms in total. The number of nitrogens with zero attached hydrogens (tertiary/aromatic N) is 2. The van der Waals surface area contributed by atoms with E-state index in [4.69, 9.17) is 4.84 Å². The number of hydrogen-bond acceptors (Lipinski definition) is 4. The molecule has 1 aliphatic heterocycles. The Morgan fingerprint density at radius 3 is 2.00 bits per heavy atom. The molecule has 6 heteroatoms. The van der Waals surface area contributed by atoms with Crippen molar-refractivity contribution >= 4 is 23.5 Å². The van der Waals surface area contributed by atoms with Crippen molar-refractivity contribution in [3.05, 3.63) is 95.8 Å². The van der Waals surface area contributed by atoms with Crippen molar-refractivity contribution < 1.29 is 24.0 Å². The van der Waals surface area contributed by atoms with E-state index >= 15 is 0 Å². The number of aromatic nitrogens is 1. The van der Waals surface area contributed by atoms with Crippen LogP contribution in [0, 0.1) is 0 Å². The Hall–Kier alpha value is -3.80. The van der Waals surface area contributed by atoms with Gasteiger partial charge in [-0.15, -0.1) is 0 Å². The number of benzene rings is 2. The Balaban J connectivity index is 1.72. The van der Waals surface area contributed by atoms with E-state index in [1.54, 1.807) is 73.1 Å². The van der Waals surface area contributed by atoms with Gasteiger partial charge in [0, 0.05) is 16.9 Å². The van der Waals surface area contributed by atoms with E-state index in [1.807, 2.05) is 0 Å². The number of carbonyl (C=O) groups is 3. The zero-order valence-corrected chi connectivity index (χ0v) is 13.5. The molecule has 0 unspecified atom stereocenters. The SMILES string of the molecule is O=C(O[n+]1ccccc1)c1ccccc1N1C(=O)c2ccccc2C1=O. The number of anilines is 1. The van der Waals surface area contributed by atoms with Crippen molar-refractivity contribution in [2.45, 2.75) is 0 Å². The van der Waals surface area contributed by atoms with Gasteiger partial charge in [-0.25, -0.2) is 9.69 Å². The minimum atomic E-state index is -0.673. The van der Waals surface area contributed by atoms with Crippen LogP contribution in [0.3, 0.4) is 0 Å². The first-order chi connectivity index (χ1) is 12.7. The highest BCUT2D eigenvalue weighted by Crippen LogP contribution is 2.30. The van der Waals surface area contributed by atoms with Crippen molar-refractivity contribution in [3.8, 4) is 0 Å². The van der Waals surface area contributed by atoms with Crippen molar-refractivity contribution in [3.63, 3.8) is 0 Å². The number of rotatable bonds is 3. The number of imide groups is 1. The second-order valence-electron chi connectivity index (χ2n) is 5.62. The molecule has 4 rings (SSSR count). The van der Waals surface area contributed by atoms with Gasteiger partial charge in [-0.2, -0.15) is 4.84 Å². The summed E-state index contributed by atoms with van der Waals surface area (Å²) in [6.07, 6.45) is 3.14. The molecule has 0 saturated heterocycles. The topological polar surface area (TPSA) is 67.6 Å². The van der Waals surface area contributed by atoms with E-state index < -0.39 is 17.8 Å². The van der Waals surface area contributed by atoms with Gasteiger partial charge in [-0.05, 0) is 24.3 Å². The molecule has 2 amide bonds. The molecule has 0 fully saturated rings. The number of hydrogen-bond donors (Lipinski definition) is 0. The van der Waals surface area contributed by atoms with Crippen LogP contribution >= 0.6 is 0 Å². The second kappa shape index (κ2) is 6.25. The summed E-state index contributed by atoms with van der Waals surface area (Å²) in [6.45, 7) is 0. The third-order valence-electron chi connectivity index (χ3n) is 4.04. The molecule has 2 heterocycles. The molecule has 0 spiro atoms. The molecular formula is C20H13N2O4+. The normalized spacial score (nSPS) is 12.8. The van der Waals surface area contributed by atoms with E-state index in [2.05, 4.69) is 0 Å². The smallest absolute Gasteiger partial charge is 0.268 e. The predicted molar refractivity (Wildman–Crippen MR) is 91.6 cm³/mol. The maximum atomic E-state index is 12.7. The summed E-state index contributed by atoms with van der Waals surface area (Å²) in [5, 5.41) is 0. The van der Waals surface area contributed by atoms with Crippen LogP contribution in [0.1, 0.15) is 31.1 Å². The predicted octanol–water partition coefficient (Wildman–Crippen LogP) is 2.04. The van der Waals surface area contributed by atoms with Gasteiger partial charge in [-0.1, -0.05) is 30.3 Å². The maximum Gasteiger partial charge on any atom is 0.413 e. The highest BCUT2D eigenvalue weighted by molar-refractivity contribution is 6.35. The van der Waals surface area contributed by atoms with E-state index in [1.165, 1.54) is 10.8 Å². The summed E-state index contributed by atoms with van der Waals surface area (Å²) >= 11 is 0. The van der Waals surface area contributed by atoms with E-state index in [-0.39, 0.29) is 11.3 Å². The molecule has 1 aliphatic rings. The van der Waals surface area contributed by atoms with Crippen LogP contribution in [0.5, 0.6) is 0 Å². The molecule has 2 aromatic carbocycles. The van der Waals surface area contributed by atoms with Crippen LogP contribution in [0.25, 0.3) is 0 Å². The number of carbonyl (C=O) groups excluding carboxylic acids is 3. The van der Waals surface area contributed by atoms with E-state index in [0.717, 1.165) is 4.90 Å². The molecule has 0 N–H and O–H groups in total. The van der Waals surface area contributed by atoms with Crippen LogP contribution in [0.4, 0.5) is 5.69 Å². The van der Waals surface area contributed by atoms with Crippen LogP contribution in [0.2, 0.25) is 0 Å². The fourth-order valence-corrected chi connectivity index (χ4v) is 2.84. The molecule has 0 aliphatic carbocycles. The first-order valence-electron chi connectivity index (χ1n) is 7.92. The van der Waals surface area contributed by atoms with Crippen molar-refractivity contribution in [2.75, 3.05) is 4.90 Å². The Morgan fingerprint density at radius 1 is 0.769 bits per heavy atom. The zero-order chi connectivity index (χ0) is 18.1. The Kier molecular flexibility index (Phi) is 3.78. The van der Waals surface area contributed by atoms with Gasteiger partial charge >= 0.3 is 5.97 Å². The summed E-state index contributed by atoms with van der Waals surface area (Å²) < 4.78 is 1.25. The quantitative estimate of drug-likeness (QED) is 0.538. The highest BCUT2D eigenvalue weighted by Gasteiger charge is 2.38. The van der Waals surface area contributed by atoms with E-state index in [9.17, 15) is 14.4 Å². The standard InChI is InChI=1S/C20H13N2O4/c23-18-14-8-2-3-9-15(14)19(24)22(18)17-11-5-4-10-16(17)20(25)26-21-12-6-1-7-13-21/h1-13H/q+1. The Bertz CT molecular complexity index is 996. The van der Waals surface area contributed by atoms with Crippen molar-refractivity contribution in [2.24, 2.45) is 0 Å². The number of para-hydroxylation sites is 1. The zero-order valence-electron chi connectivity index (χ0n) is 13.5. The van der Waals surface area contributed by atoms with Gasteiger partial charge in [0.2, 0.25) is 12.4 Å². The minimum absolute atomic E-state index is 0.123. The second-order valence-corrected chi connectivity index (χ2v) is 5.62. The number of pyridine rings is 1. The molecule has 26 heavy (non-hydrogen) atoms. The Labute approximate surface area is 148 Å². The van der Waals surface area contributed by atoms with Gasteiger partial charge in [0.05, 0.1) is 22.4 Å². The molecule has 126 valence electrons. The van der Waals surface area contributed by atoms with E-state index in [0.29, 0.717) is 11.1 Å². The molecule has 0 bridgehead atoms. The van der Waals surface area contributed by atoms with Gasteiger partial charge in [0.25, 0.3) is 11.8 Å². The van der Waals surface area contributed by atoms with Gasteiger partial charge in [0.1, 0.15) is 0 Å². The molecule has 0 saturated carbocycles. The van der Waals surface area contributed by atoms with Crippen molar-refractivity contribution in [1.29, 1.82) is 0 Å². The first-order valence-corrected chi connectivity index (χ1v) is 7.92. The Morgan fingerprint density at radius 2 is 1.35 bits per heavy atom. The lowest BCUT2D eigenvalue weighted by molar-refractivity contribution is -0.868. The van der Waals surface area contributed by atoms with Crippen LogP contribution in [-0.4, -0.2) is 17.8 Å². The lowest BCUT2D eigenvalue weighted by atomic mass is 10.1. The summed E-state index contributed by atoms with van der Waals surface area (Å²) in [4.78, 5) is 44.3. The average molecular weight is 345 g/mol. The molecule has 1 aromatic heterocycles. The van der Waals surface area contributed by atoms with Crippen LogP contribution < -0.4 is 14.5 Å². The monoisotopic (exact) mass is 345 g/mol. The molecule has 0 radical (unpaired) electrons. The molecular weight excluding hydrogens is 332 g/mol. The van der Waals surface area contributed by atoms with Crippen molar-refractivity contribution in [1.82, 2.24) is 0 Å². The lowest BCUT2D eigenvalue weighted by Crippen LogP contribution is -2.45. The summed E-state index contributed by atoms with van der Waals surface area (Å²) in [6, 6.07) is 18.2. The number of amides is 2. The average Bonchev–Trinajstić information content (AvgIpc) is 2.93. The maximum absolute atomic E-state index is 12.7. The summed E-state index contributed by atoms with van der Waals surface area (Å²) in [5.74, 6) is -1.59. The van der Waals surface area contributed by atoms with Crippen LogP contribution in [-0.2, 0) is 0 Å². The van der Waals surface area contributed by atoms with Gasteiger partial charge in [0.15, 0.2) is 0 Å². The largest absolute Gasteiger partial charge is 0.413 e. The fourth-order valence-electron chi connectivity index (χ4n) is 2.84. The summed E-state index contributed by atoms with van der Waals surface area (Å²) in [5.41, 5.74) is 0.954. The molecule has 3 aromatic rings. The highest BCUT2D eigenvalue weighted by atomic mass is 16.7. The summed E-state index contributed by atoms with van der Waals surface area (Å²) in [7, 11) is 0. The van der Waals surface area contributed by atoms with Crippen LogP contribution in [0.15, 0.2) is 79.1 Å². The third kappa shape index (κ3) is 2.53. The third-order valence-corrected chi connectivity index (χ3v) is 4.04. The minimum Gasteiger partial charge on any atom is -0.268 e. The molecule has 0 atom stereocenters. The lowest BCUT2D eigenvalue weighted by Gasteiger charge is -2.16. The fraction of sp³-hybridized carbons (Fsp3) is 0. The van der Waals surface area contributed by atoms with Gasteiger partial charge in [-0.3, -0.25) is 9.59 Å². The van der Waals surface area contributed by atoms with Gasteiger partial charge < -0.3 is 0 Å². The number of fused-ring (bicyclic) bond motifs is 1. The first kappa shape index (κ1) is 15.7.